The summed E-state index contributed by atoms with van der Waals surface area (Å²) >= 11 is 0. The number of fused-ring (bicyclic) bond motifs is 1. The van der Waals surface area contributed by atoms with E-state index in [1.165, 1.54) is 11.1 Å². The van der Waals surface area contributed by atoms with Crippen LogP contribution in [0.15, 0.2) is 60.8 Å². The molecule has 0 saturated carbocycles. The third kappa shape index (κ3) is 4.09. The first-order chi connectivity index (χ1) is 14.2. The topological polar surface area (TPSA) is 56.1 Å². The molecule has 2 aromatic carbocycles. The number of anilines is 1. The van der Waals surface area contributed by atoms with E-state index in [-0.39, 0.29) is 11.9 Å². The molecule has 1 atom stereocenters. The third-order valence-corrected chi connectivity index (χ3v) is 5.37. The quantitative estimate of drug-likeness (QED) is 0.641. The number of aryl methyl sites for hydroxylation is 2. The number of carbonyl (C=O) groups excluding carboxylic acids is 1. The molecule has 0 radical (unpaired) electrons. The maximum Gasteiger partial charge on any atom is 0.249 e. The Bertz CT molecular complexity index is 1050. The van der Waals surface area contributed by atoms with Gasteiger partial charge < -0.3 is 10.1 Å². The lowest BCUT2D eigenvalue weighted by Gasteiger charge is -2.27. The van der Waals surface area contributed by atoms with Crippen molar-refractivity contribution in [3.63, 3.8) is 0 Å². The number of aromatic nitrogens is 2. The predicted molar refractivity (Wildman–Crippen MR) is 115 cm³/mol. The van der Waals surface area contributed by atoms with Crippen LogP contribution in [-0.4, -0.2) is 22.8 Å². The van der Waals surface area contributed by atoms with Crippen molar-refractivity contribution in [1.82, 2.24) is 9.78 Å². The number of hydrogen-bond acceptors (Lipinski definition) is 3. The van der Waals surface area contributed by atoms with Crippen LogP contribution in [0, 0.1) is 6.92 Å². The van der Waals surface area contributed by atoms with Gasteiger partial charge in [0, 0.05) is 11.6 Å². The molecule has 5 nitrogen and oxygen atoms in total. The first kappa shape index (κ1) is 19.0. The van der Waals surface area contributed by atoms with Crippen LogP contribution in [0.25, 0.3) is 6.08 Å². The fourth-order valence-electron chi connectivity index (χ4n) is 3.90. The SMILES string of the molecule is COc1cccc(/C=C/C(=O)Nc2c(C)cnn2C2CCCc3ccccc32)c1. The molecule has 1 N–H and O–H groups in total. The highest BCUT2D eigenvalue weighted by Gasteiger charge is 2.25. The van der Waals surface area contributed by atoms with E-state index in [4.69, 9.17) is 4.74 Å². The number of carbonyl (C=O) groups is 1. The molecule has 148 valence electrons. The predicted octanol–water partition coefficient (Wildman–Crippen LogP) is 4.78. The van der Waals surface area contributed by atoms with Gasteiger partial charge >= 0.3 is 0 Å². The Morgan fingerprint density at radius 1 is 1.24 bits per heavy atom. The zero-order valence-corrected chi connectivity index (χ0v) is 16.8. The van der Waals surface area contributed by atoms with Crippen LogP contribution in [0.5, 0.6) is 5.75 Å². The molecule has 4 rings (SSSR count). The zero-order valence-electron chi connectivity index (χ0n) is 16.8. The molecular formula is C24H25N3O2. The Labute approximate surface area is 171 Å². The lowest BCUT2D eigenvalue weighted by Crippen LogP contribution is -2.22. The smallest absolute Gasteiger partial charge is 0.249 e. The van der Waals surface area contributed by atoms with Crippen molar-refractivity contribution in [3.8, 4) is 5.75 Å². The zero-order chi connectivity index (χ0) is 20.2. The fourth-order valence-corrected chi connectivity index (χ4v) is 3.90. The summed E-state index contributed by atoms with van der Waals surface area (Å²) in [5.41, 5.74) is 4.53. The monoisotopic (exact) mass is 387 g/mol. The van der Waals surface area contributed by atoms with Gasteiger partial charge in [0.2, 0.25) is 5.91 Å². The first-order valence-electron chi connectivity index (χ1n) is 9.91. The lowest BCUT2D eigenvalue weighted by atomic mass is 9.88. The third-order valence-electron chi connectivity index (χ3n) is 5.37. The van der Waals surface area contributed by atoms with Gasteiger partial charge in [-0.1, -0.05) is 36.4 Å². The summed E-state index contributed by atoms with van der Waals surface area (Å²) in [6, 6.07) is 16.3. The number of amides is 1. The van der Waals surface area contributed by atoms with Crippen molar-refractivity contribution in [2.75, 3.05) is 12.4 Å². The minimum atomic E-state index is -0.179. The molecule has 0 aliphatic heterocycles. The van der Waals surface area contributed by atoms with Crippen LogP contribution >= 0.6 is 0 Å². The maximum absolute atomic E-state index is 12.6. The minimum Gasteiger partial charge on any atom is -0.497 e. The largest absolute Gasteiger partial charge is 0.497 e. The average Bonchev–Trinajstić information content (AvgIpc) is 3.12. The summed E-state index contributed by atoms with van der Waals surface area (Å²) in [6.45, 7) is 1.97. The highest BCUT2D eigenvalue weighted by molar-refractivity contribution is 6.01. The van der Waals surface area contributed by atoms with Crippen LogP contribution in [0.3, 0.4) is 0 Å². The molecule has 3 aromatic rings. The van der Waals surface area contributed by atoms with Crippen molar-refractivity contribution in [3.05, 3.63) is 83.1 Å². The number of nitrogens with zero attached hydrogens (tertiary/aromatic N) is 2. The van der Waals surface area contributed by atoms with Crippen molar-refractivity contribution in [2.45, 2.75) is 32.2 Å². The van der Waals surface area contributed by atoms with Crippen molar-refractivity contribution >= 4 is 17.8 Å². The number of hydrogen-bond donors (Lipinski definition) is 1. The number of methoxy groups -OCH3 is 1. The number of nitrogens with one attached hydrogen (secondary N) is 1. The molecule has 5 heteroatoms. The van der Waals surface area contributed by atoms with Gasteiger partial charge in [-0.15, -0.1) is 0 Å². The molecule has 1 amide bonds. The Morgan fingerprint density at radius 2 is 2.10 bits per heavy atom. The molecule has 0 saturated heterocycles. The van der Waals surface area contributed by atoms with Crippen LogP contribution in [-0.2, 0) is 11.2 Å². The van der Waals surface area contributed by atoms with Gasteiger partial charge in [-0.2, -0.15) is 5.10 Å². The first-order valence-corrected chi connectivity index (χ1v) is 9.91. The second-order valence-electron chi connectivity index (χ2n) is 7.33. The Kier molecular flexibility index (Phi) is 5.47. The highest BCUT2D eigenvalue weighted by Crippen LogP contribution is 2.35. The van der Waals surface area contributed by atoms with Gasteiger partial charge in [-0.25, -0.2) is 4.68 Å². The minimum absolute atomic E-state index is 0.145. The number of benzene rings is 2. The molecule has 0 spiro atoms. The normalized spacial score (nSPS) is 15.9. The average molecular weight is 387 g/mol. The van der Waals surface area contributed by atoms with E-state index in [9.17, 15) is 4.79 Å². The van der Waals surface area contributed by atoms with E-state index in [2.05, 4.69) is 34.7 Å². The number of ether oxygens (including phenoxy) is 1. The molecule has 29 heavy (non-hydrogen) atoms. The highest BCUT2D eigenvalue weighted by atomic mass is 16.5. The van der Waals surface area contributed by atoms with Crippen LogP contribution in [0.2, 0.25) is 0 Å². The van der Waals surface area contributed by atoms with Gasteiger partial charge in [0.1, 0.15) is 11.6 Å². The van der Waals surface area contributed by atoms with Crippen molar-refractivity contribution in [2.24, 2.45) is 0 Å². The summed E-state index contributed by atoms with van der Waals surface area (Å²) < 4.78 is 7.19. The summed E-state index contributed by atoms with van der Waals surface area (Å²) in [5, 5.41) is 7.62. The molecular weight excluding hydrogens is 362 g/mol. The summed E-state index contributed by atoms with van der Waals surface area (Å²) in [5.74, 6) is 1.34. The van der Waals surface area contributed by atoms with E-state index in [1.54, 1.807) is 19.3 Å². The van der Waals surface area contributed by atoms with E-state index in [0.717, 1.165) is 42.0 Å². The fraction of sp³-hybridized carbons (Fsp3) is 0.250. The van der Waals surface area contributed by atoms with Gasteiger partial charge in [-0.3, -0.25) is 4.79 Å². The molecule has 1 aliphatic rings. The van der Waals surface area contributed by atoms with Gasteiger partial charge in [-0.05, 0) is 61.1 Å². The second-order valence-corrected chi connectivity index (χ2v) is 7.33. The molecule has 1 unspecified atom stereocenters. The Morgan fingerprint density at radius 3 is 2.97 bits per heavy atom. The molecule has 0 fully saturated rings. The molecule has 1 aliphatic carbocycles. The molecule has 1 heterocycles. The van der Waals surface area contributed by atoms with Crippen LogP contribution in [0.1, 0.15) is 41.1 Å². The van der Waals surface area contributed by atoms with Gasteiger partial charge in [0.05, 0.1) is 19.3 Å². The van der Waals surface area contributed by atoms with E-state index < -0.39 is 0 Å². The summed E-state index contributed by atoms with van der Waals surface area (Å²) in [4.78, 5) is 12.6. The van der Waals surface area contributed by atoms with E-state index in [1.807, 2.05) is 42.1 Å². The van der Waals surface area contributed by atoms with E-state index >= 15 is 0 Å². The lowest BCUT2D eigenvalue weighted by molar-refractivity contribution is -0.111. The summed E-state index contributed by atoms with van der Waals surface area (Å²) in [7, 11) is 1.63. The van der Waals surface area contributed by atoms with Crippen LogP contribution in [0.4, 0.5) is 5.82 Å². The van der Waals surface area contributed by atoms with E-state index in [0.29, 0.717) is 0 Å². The van der Waals surface area contributed by atoms with Gasteiger partial charge in [0.25, 0.3) is 0 Å². The van der Waals surface area contributed by atoms with Crippen molar-refractivity contribution < 1.29 is 9.53 Å². The maximum atomic E-state index is 12.6. The standard InChI is InChI=1S/C24H25N3O2/c1-17-16-25-27(22-12-6-9-19-8-3-4-11-21(19)22)24(17)26-23(28)14-13-18-7-5-10-20(15-18)29-2/h3-5,7-8,10-11,13-16,22H,6,9,12H2,1-2H3,(H,26,28)/b14-13+. The summed E-state index contributed by atoms with van der Waals surface area (Å²) in [6.07, 6.45) is 8.37. The van der Waals surface area contributed by atoms with Gasteiger partial charge in [0.15, 0.2) is 0 Å². The Hall–Kier alpha value is -3.34. The molecule has 0 bridgehead atoms. The Balaban J connectivity index is 1.55. The molecule has 1 aromatic heterocycles. The van der Waals surface area contributed by atoms with Crippen LogP contribution < -0.4 is 10.1 Å². The van der Waals surface area contributed by atoms with Crippen molar-refractivity contribution in [1.29, 1.82) is 0 Å². The number of rotatable bonds is 5. The second kappa shape index (κ2) is 8.35.